The third kappa shape index (κ3) is 3.27. The van der Waals surface area contributed by atoms with Crippen LogP contribution >= 0.6 is 0 Å². The van der Waals surface area contributed by atoms with E-state index in [1.807, 2.05) is 32.0 Å². The van der Waals surface area contributed by atoms with Gasteiger partial charge in [0.2, 0.25) is 5.91 Å². The van der Waals surface area contributed by atoms with Crippen molar-refractivity contribution in [2.75, 3.05) is 13.6 Å². The number of hydrogen-bond donors (Lipinski definition) is 1. The van der Waals surface area contributed by atoms with Gasteiger partial charge >= 0.3 is 5.76 Å². The molecule has 108 valence electrons. The van der Waals surface area contributed by atoms with E-state index in [4.69, 9.17) is 4.42 Å². The van der Waals surface area contributed by atoms with Gasteiger partial charge in [0.25, 0.3) is 0 Å². The Kier molecular flexibility index (Phi) is 4.24. The van der Waals surface area contributed by atoms with E-state index < -0.39 is 5.76 Å². The van der Waals surface area contributed by atoms with Crippen LogP contribution < -0.4 is 11.1 Å². The second kappa shape index (κ2) is 5.92. The molecule has 0 aliphatic carbocycles. The number of carbonyl (C=O) groups excluding carboxylic acids is 1. The predicted octanol–water partition coefficient (Wildman–Crippen LogP) is 1.01. The van der Waals surface area contributed by atoms with Crippen LogP contribution in [0, 0.1) is 0 Å². The number of rotatable bonds is 5. The summed E-state index contributed by atoms with van der Waals surface area (Å²) in [5, 5.41) is 2.81. The summed E-state index contributed by atoms with van der Waals surface area (Å²) in [7, 11) is 1.79. The molecule has 0 fully saturated rings. The number of hydrogen-bond acceptors (Lipinski definition) is 4. The van der Waals surface area contributed by atoms with E-state index in [-0.39, 0.29) is 18.5 Å². The maximum Gasteiger partial charge on any atom is 0.421 e. The number of para-hydroxylation sites is 2. The fourth-order valence-electron chi connectivity index (χ4n) is 2.05. The molecule has 6 nitrogen and oxygen atoms in total. The van der Waals surface area contributed by atoms with Gasteiger partial charge in [-0.1, -0.05) is 12.1 Å². The Balaban J connectivity index is 2.10. The van der Waals surface area contributed by atoms with Gasteiger partial charge in [-0.25, -0.2) is 4.79 Å². The number of nitrogens with zero attached hydrogens (tertiary/aromatic N) is 2. The molecular weight excluding hydrogens is 258 g/mol. The molecule has 1 aromatic carbocycles. The fraction of sp³-hybridized carbons (Fsp3) is 0.429. The molecule has 2 aromatic rings. The van der Waals surface area contributed by atoms with Gasteiger partial charge in [0.15, 0.2) is 5.58 Å². The summed E-state index contributed by atoms with van der Waals surface area (Å²) in [5.41, 5.74) is 1.28. The molecule has 0 bridgehead atoms. The molecule has 0 saturated carbocycles. The van der Waals surface area contributed by atoms with Gasteiger partial charge in [-0.2, -0.15) is 0 Å². The lowest BCUT2D eigenvalue weighted by Crippen LogP contribution is -2.40. The lowest BCUT2D eigenvalue weighted by Gasteiger charge is -2.17. The standard InChI is InChI=1S/C14H19N3O3/c1-10(2)15-13(18)8-16(3)9-17-11-6-4-5-7-12(11)20-14(17)19/h4-7,10H,8-9H2,1-3H3,(H,15,18). The van der Waals surface area contributed by atoms with Gasteiger partial charge in [0.05, 0.1) is 18.7 Å². The molecule has 6 heteroatoms. The number of carbonyl (C=O) groups is 1. The van der Waals surface area contributed by atoms with Crippen molar-refractivity contribution in [1.82, 2.24) is 14.8 Å². The highest BCUT2D eigenvalue weighted by Gasteiger charge is 2.12. The molecule has 1 heterocycles. The molecule has 20 heavy (non-hydrogen) atoms. The zero-order valence-corrected chi connectivity index (χ0v) is 11.9. The summed E-state index contributed by atoms with van der Waals surface area (Å²) in [6, 6.07) is 7.34. The smallest absolute Gasteiger partial charge is 0.408 e. The maximum atomic E-state index is 11.8. The number of fused-ring (bicyclic) bond motifs is 1. The number of nitrogens with one attached hydrogen (secondary N) is 1. The highest BCUT2D eigenvalue weighted by molar-refractivity contribution is 5.78. The van der Waals surface area contributed by atoms with Gasteiger partial charge < -0.3 is 9.73 Å². The molecule has 0 radical (unpaired) electrons. The first-order chi connectivity index (χ1) is 9.47. The van der Waals surface area contributed by atoms with Crippen molar-refractivity contribution in [3.05, 3.63) is 34.8 Å². The van der Waals surface area contributed by atoms with Crippen molar-refractivity contribution in [2.45, 2.75) is 26.6 Å². The summed E-state index contributed by atoms with van der Waals surface area (Å²) in [6.07, 6.45) is 0. The van der Waals surface area contributed by atoms with E-state index in [0.717, 1.165) is 5.52 Å². The van der Waals surface area contributed by atoms with Crippen molar-refractivity contribution >= 4 is 17.0 Å². The van der Waals surface area contributed by atoms with E-state index in [1.54, 1.807) is 18.0 Å². The minimum Gasteiger partial charge on any atom is -0.408 e. The van der Waals surface area contributed by atoms with E-state index in [9.17, 15) is 9.59 Å². The van der Waals surface area contributed by atoms with Crippen molar-refractivity contribution in [2.24, 2.45) is 0 Å². The predicted molar refractivity (Wildman–Crippen MR) is 76.4 cm³/mol. The van der Waals surface area contributed by atoms with Crippen LogP contribution in [0.5, 0.6) is 0 Å². The van der Waals surface area contributed by atoms with E-state index in [1.165, 1.54) is 4.57 Å². The topological polar surface area (TPSA) is 67.5 Å². The summed E-state index contributed by atoms with van der Waals surface area (Å²) in [5.74, 6) is -0.481. The quantitative estimate of drug-likeness (QED) is 0.885. The Morgan fingerprint density at radius 3 is 2.80 bits per heavy atom. The van der Waals surface area contributed by atoms with Crippen molar-refractivity contribution in [1.29, 1.82) is 0 Å². The second-order valence-electron chi connectivity index (χ2n) is 5.14. The monoisotopic (exact) mass is 277 g/mol. The highest BCUT2D eigenvalue weighted by atomic mass is 16.4. The molecule has 0 aliphatic heterocycles. The number of likely N-dealkylation sites (N-methyl/N-ethyl adjacent to an activating group) is 1. The minimum absolute atomic E-state index is 0.0663. The molecule has 0 spiro atoms. The number of oxazole rings is 1. The Morgan fingerprint density at radius 2 is 2.10 bits per heavy atom. The molecule has 0 unspecified atom stereocenters. The first-order valence-electron chi connectivity index (χ1n) is 6.53. The van der Waals surface area contributed by atoms with Crippen LogP contribution in [0.3, 0.4) is 0 Å². The molecular formula is C14H19N3O3. The SMILES string of the molecule is CC(C)NC(=O)CN(C)Cn1c(=O)oc2ccccc21. The van der Waals surface area contributed by atoms with Crippen LogP contribution in [-0.4, -0.2) is 35.0 Å². The van der Waals surface area contributed by atoms with E-state index in [2.05, 4.69) is 5.32 Å². The lowest BCUT2D eigenvalue weighted by molar-refractivity contribution is -0.122. The van der Waals surface area contributed by atoms with Crippen LogP contribution in [0.25, 0.3) is 11.1 Å². The Labute approximate surface area is 117 Å². The molecule has 0 saturated heterocycles. The number of aromatic nitrogens is 1. The molecule has 1 aromatic heterocycles. The van der Waals surface area contributed by atoms with Crippen LogP contribution in [0.4, 0.5) is 0 Å². The fourth-order valence-corrected chi connectivity index (χ4v) is 2.05. The van der Waals surface area contributed by atoms with E-state index in [0.29, 0.717) is 12.3 Å². The van der Waals surface area contributed by atoms with Gasteiger partial charge in [0, 0.05) is 6.04 Å². The molecule has 1 amide bonds. The average molecular weight is 277 g/mol. The van der Waals surface area contributed by atoms with Crippen LogP contribution in [0.15, 0.2) is 33.5 Å². The first kappa shape index (κ1) is 14.3. The van der Waals surface area contributed by atoms with Gasteiger partial charge in [0.1, 0.15) is 0 Å². The largest absolute Gasteiger partial charge is 0.421 e. The first-order valence-corrected chi connectivity index (χ1v) is 6.53. The number of benzene rings is 1. The normalized spacial score (nSPS) is 11.4. The number of amides is 1. The third-order valence-electron chi connectivity index (χ3n) is 2.82. The van der Waals surface area contributed by atoms with Crippen molar-refractivity contribution in [3.8, 4) is 0 Å². The lowest BCUT2D eigenvalue weighted by atomic mass is 10.3. The molecule has 2 rings (SSSR count). The third-order valence-corrected chi connectivity index (χ3v) is 2.82. The summed E-state index contributed by atoms with van der Waals surface area (Å²) >= 11 is 0. The second-order valence-corrected chi connectivity index (χ2v) is 5.14. The molecule has 0 atom stereocenters. The summed E-state index contributed by atoms with van der Waals surface area (Å²) in [4.78, 5) is 25.2. The van der Waals surface area contributed by atoms with Crippen molar-refractivity contribution < 1.29 is 9.21 Å². The molecule has 0 aliphatic rings. The van der Waals surface area contributed by atoms with Crippen LogP contribution in [0.2, 0.25) is 0 Å². The highest BCUT2D eigenvalue weighted by Crippen LogP contribution is 2.11. The Bertz CT molecular complexity index is 657. The summed E-state index contributed by atoms with van der Waals surface area (Å²) < 4.78 is 6.66. The Morgan fingerprint density at radius 1 is 1.40 bits per heavy atom. The zero-order chi connectivity index (χ0) is 14.7. The Hall–Kier alpha value is -2.08. The average Bonchev–Trinajstić information content (AvgIpc) is 2.65. The van der Waals surface area contributed by atoms with Crippen LogP contribution in [-0.2, 0) is 11.5 Å². The summed E-state index contributed by atoms with van der Waals surface area (Å²) in [6.45, 7) is 4.35. The van der Waals surface area contributed by atoms with E-state index >= 15 is 0 Å². The molecule has 1 N–H and O–H groups in total. The minimum atomic E-state index is -0.415. The maximum absolute atomic E-state index is 11.8. The van der Waals surface area contributed by atoms with Gasteiger partial charge in [-0.15, -0.1) is 0 Å². The van der Waals surface area contributed by atoms with Crippen LogP contribution in [0.1, 0.15) is 13.8 Å². The van der Waals surface area contributed by atoms with Crippen molar-refractivity contribution in [3.63, 3.8) is 0 Å². The zero-order valence-electron chi connectivity index (χ0n) is 11.9. The van der Waals surface area contributed by atoms with Gasteiger partial charge in [-0.05, 0) is 33.0 Å². The van der Waals surface area contributed by atoms with Gasteiger partial charge in [-0.3, -0.25) is 14.3 Å².